The third-order valence-corrected chi connectivity index (χ3v) is 2.10. The summed E-state index contributed by atoms with van der Waals surface area (Å²) in [5.74, 6) is 0. The maximum atomic E-state index is 12.7. The van der Waals surface area contributed by atoms with Gasteiger partial charge in [-0.3, -0.25) is 0 Å². The predicted molar refractivity (Wildman–Crippen MR) is 98.7 cm³/mol. The minimum absolute atomic E-state index is 0.103. The fourth-order valence-corrected chi connectivity index (χ4v) is 1.22. The molecule has 0 aliphatic carbocycles. The van der Waals surface area contributed by atoms with Crippen LogP contribution in [0.15, 0.2) is 47.1 Å². The molecule has 0 radical (unpaired) electrons. The summed E-state index contributed by atoms with van der Waals surface area (Å²) in [5.41, 5.74) is -3.42. The fourth-order valence-electron chi connectivity index (χ4n) is 1.22. The molecule has 0 amide bonds. The van der Waals surface area contributed by atoms with E-state index >= 15 is 0 Å². The van der Waals surface area contributed by atoms with Gasteiger partial charge in [-0.1, -0.05) is 23.9 Å². The van der Waals surface area contributed by atoms with Gasteiger partial charge in [0.2, 0.25) is 0 Å². The van der Waals surface area contributed by atoms with Crippen LogP contribution >= 0.6 is 52.1 Å². The molecule has 0 heterocycles. The summed E-state index contributed by atoms with van der Waals surface area (Å²) in [4.78, 5) is 3.19. The molecule has 0 aliphatic rings. The van der Waals surface area contributed by atoms with Gasteiger partial charge in [-0.25, -0.2) is 4.99 Å². The van der Waals surface area contributed by atoms with Crippen molar-refractivity contribution in [1.82, 2.24) is 0 Å². The van der Waals surface area contributed by atoms with Crippen LogP contribution < -0.4 is 0 Å². The summed E-state index contributed by atoms with van der Waals surface area (Å²) in [6.07, 6.45) is -10.1. The number of benzene rings is 1. The molecule has 0 aromatic heterocycles. The van der Waals surface area contributed by atoms with E-state index < -0.39 is 32.4 Å². The Bertz CT molecular complexity index is 590. The third kappa shape index (κ3) is 13.5. The number of rotatable bonds is 3. The zero-order chi connectivity index (χ0) is 19.9. The molecule has 1 aromatic carbocycles. The van der Waals surface area contributed by atoms with Crippen LogP contribution in [-0.4, -0.2) is 25.1 Å². The molecule has 25 heavy (non-hydrogen) atoms. The SMILES string of the molecule is C[N-]/C(=C\C(=Nc1ccccc1)C(F)(F)F)C(F)(F)F.[Br][Ta]([Br])([Br])[Br]. The Morgan fingerprint density at radius 3 is 1.72 bits per heavy atom. The van der Waals surface area contributed by atoms with Gasteiger partial charge in [-0.2, -0.15) is 26.3 Å². The molecule has 0 unspecified atom stereocenters. The molecule has 2 nitrogen and oxygen atoms in total. The molecule has 13 heteroatoms. The van der Waals surface area contributed by atoms with Gasteiger partial charge in [0.1, 0.15) is 5.71 Å². The zero-order valence-corrected chi connectivity index (χ0v) is 21.6. The van der Waals surface area contributed by atoms with Crippen molar-refractivity contribution in [1.29, 1.82) is 0 Å². The van der Waals surface area contributed by atoms with E-state index in [2.05, 4.69) is 62.4 Å². The average Bonchev–Trinajstić information content (AvgIpc) is 2.40. The van der Waals surface area contributed by atoms with Crippen molar-refractivity contribution >= 4 is 63.5 Å². The number of alkyl halides is 6. The summed E-state index contributed by atoms with van der Waals surface area (Å²) in [6, 6.07) is 6.88. The summed E-state index contributed by atoms with van der Waals surface area (Å²) in [7, 11) is -1.21. The van der Waals surface area contributed by atoms with Gasteiger partial charge in [0.05, 0.1) is 5.69 Å². The van der Waals surface area contributed by atoms with Crippen molar-refractivity contribution in [3.8, 4) is 0 Å². The summed E-state index contributed by atoms with van der Waals surface area (Å²) in [5, 5.41) is 2.81. The first-order chi connectivity index (χ1) is 11.1. The molecule has 0 aliphatic heterocycles. The van der Waals surface area contributed by atoms with Crippen molar-refractivity contribution in [2.24, 2.45) is 4.99 Å². The fraction of sp³-hybridized carbons (Fsp3) is 0.250. The van der Waals surface area contributed by atoms with Crippen molar-refractivity contribution < 1.29 is 34.9 Å². The van der Waals surface area contributed by atoms with E-state index in [9.17, 15) is 26.3 Å². The Labute approximate surface area is 168 Å². The topological polar surface area (TPSA) is 26.5 Å². The summed E-state index contributed by atoms with van der Waals surface area (Å²) < 4.78 is 75.4. The Kier molecular flexibility index (Phi) is 11.2. The van der Waals surface area contributed by atoms with Crippen LogP contribution in [0.25, 0.3) is 5.32 Å². The van der Waals surface area contributed by atoms with E-state index in [1.54, 1.807) is 6.07 Å². The van der Waals surface area contributed by atoms with Gasteiger partial charge >= 0.3 is 73.0 Å². The molecule has 0 saturated carbocycles. The van der Waals surface area contributed by atoms with Gasteiger partial charge in [0.25, 0.3) is 0 Å². The Morgan fingerprint density at radius 1 is 0.960 bits per heavy atom. The molecule has 0 N–H and O–H groups in total. The molecule has 0 atom stereocenters. The Balaban J connectivity index is 0.00000101. The number of aliphatic imine (C=N–C) groups is 1. The van der Waals surface area contributed by atoms with E-state index in [4.69, 9.17) is 0 Å². The maximum absolute atomic E-state index is 12.7. The first kappa shape index (κ1) is 25.7. The summed E-state index contributed by atoms with van der Waals surface area (Å²) in [6.45, 7) is 0. The van der Waals surface area contributed by atoms with Crippen molar-refractivity contribution in [2.45, 2.75) is 12.4 Å². The van der Waals surface area contributed by atoms with Crippen LogP contribution in [-0.2, 0) is 8.59 Å². The van der Waals surface area contributed by atoms with E-state index in [1.165, 1.54) is 24.3 Å². The zero-order valence-electron chi connectivity index (χ0n) is 12.1. The van der Waals surface area contributed by atoms with Gasteiger partial charge in [-0.05, 0) is 18.2 Å². The summed E-state index contributed by atoms with van der Waals surface area (Å²) >= 11 is 13.4. The Morgan fingerprint density at radius 2 is 1.40 bits per heavy atom. The number of nitrogens with zero attached hydrogens (tertiary/aromatic N) is 2. The van der Waals surface area contributed by atoms with Crippen LogP contribution in [0.2, 0.25) is 0 Å². The van der Waals surface area contributed by atoms with Gasteiger partial charge in [0.15, 0.2) is 0 Å². The van der Waals surface area contributed by atoms with Crippen LogP contribution in [0.4, 0.5) is 32.0 Å². The van der Waals surface area contributed by atoms with Crippen LogP contribution in [0, 0.1) is 0 Å². The van der Waals surface area contributed by atoms with E-state index in [1.807, 2.05) is 0 Å². The standard InChI is InChI=1S/C12H9F6N2.4BrH.Ta/c1-19-9(11(13,14)15)7-10(12(16,17)18)20-8-5-3-2-4-6-8;;;;;/h2-7H,1H3;4*1H;/q-1;;;;;+4/p-4/b9-7-,20-10?;;;;;. The molecule has 1 aromatic rings. The number of hydrogen-bond acceptors (Lipinski definition) is 1. The molecule has 0 bridgehead atoms. The quantitative estimate of drug-likeness (QED) is 0.218. The molecule has 0 fully saturated rings. The molecular weight excluding hydrogens is 787 g/mol. The van der Waals surface area contributed by atoms with Crippen LogP contribution in [0.3, 0.4) is 0 Å². The van der Waals surface area contributed by atoms with Gasteiger partial charge in [0, 0.05) is 0 Å². The first-order valence-corrected chi connectivity index (χ1v) is 34.0. The van der Waals surface area contributed by atoms with Crippen molar-refractivity contribution in [3.63, 3.8) is 0 Å². The Hall–Kier alpha value is 0.670. The van der Waals surface area contributed by atoms with E-state index in [0.717, 1.165) is 7.05 Å². The first-order valence-electron chi connectivity index (χ1n) is 5.92. The molecule has 0 spiro atoms. The second kappa shape index (κ2) is 10.9. The number of hydrogen-bond donors (Lipinski definition) is 0. The normalized spacial score (nSPS) is 13.9. The van der Waals surface area contributed by atoms with Crippen LogP contribution in [0.1, 0.15) is 0 Å². The number of halogens is 10. The van der Waals surface area contributed by atoms with E-state index in [0.29, 0.717) is 0 Å². The second-order valence-electron chi connectivity index (χ2n) is 3.96. The minimum atomic E-state index is -5.02. The number of para-hydroxylation sites is 1. The molecule has 1 rings (SSSR count). The van der Waals surface area contributed by atoms with Gasteiger partial charge < -0.3 is 5.32 Å². The predicted octanol–water partition coefficient (Wildman–Crippen LogP) is 8.15. The molecular formula is C12H9Br4F6N2Ta-. The average molecular weight is 796 g/mol. The molecule has 0 saturated heterocycles. The van der Waals surface area contributed by atoms with Crippen LogP contribution in [0.5, 0.6) is 0 Å². The third-order valence-electron chi connectivity index (χ3n) is 2.10. The van der Waals surface area contributed by atoms with Crippen molar-refractivity contribution in [3.05, 3.63) is 47.4 Å². The van der Waals surface area contributed by atoms with Crippen molar-refractivity contribution in [2.75, 3.05) is 7.05 Å². The van der Waals surface area contributed by atoms with Gasteiger partial charge in [-0.15, -0.1) is 7.05 Å². The molecule has 143 valence electrons. The second-order valence-corrected chi connectivity index (χ2v) is 88.3. The van der Waals surface area contributed by atoms with E-state index in [-0.39, 0.29) is 11.8 Å². The number of allylic oxidation sites excluding steroid dienone is 2. The monoisotopic (exact) mass is 792 g/mol.